The second-order valence-corrected chi connectivity index (χ2v) is 1.32. The summed E-state index contributed by atoms with van der Waals surface area (Å²) in [4.78, 5) is 0. The van der Waals surface area contributed by atoms with Crippen molar-refractivity contribution >= 4 is 7.98 Å². The van der Waals surface area contributed by atoms with Gasteiger partial charge in [0, 0.05) is 13.2 Å². The standard InChI is InChI=1S/C4H8O.BH2N/c1-2-4-5-3-1;1-2/h1-4H2;2H2. The maximum Gasteiger partial charge on any atom is 0.174 e. The molecular weight excluding hydrogens is 88.9 g/mol. The summed E-state index contributed by atoms with van der Waals surface area (Å²) >= 11 is 0. The topological polar surface area (TPSA) is 35.2 Å². The molecule has 0 saturated carbocycles. The van der Waals surface area contributed by atoms with E-state index in [0.717, 1.165) is 13.2 Å². The smallest absolute Gasteiger partial charge is 0.174 e. The van der Waals surface area contributed by atoms with Gasteiger partial charge in [-0.1, -0.05) is 0 Å². The van der Waals surface area contributed by atoms with Crippen LogP contribution in [-0.2, 0) is 4.74 Å². The van der Waals surface area contributed by atoms with Crippen LogP contribution in [0.1, 0.15) is 12.8 Å². The van der Waals surface area contributed by atoms with E-state index < -0.39 is 0 Å². The number of hydrogen-bond donors (Lipinski definition) is 1. The summed E-state index contributed by atoms with van der Waals surface area (Å²) in [7, 11) is 4.00. The van der Waals surface area contributed by atoms with Crippen LogP contribution in [0.5, 0.6) is 0 Å². The van der Waals surface area contributed by atoms with E-state index >= 15 is 0 Å². The maximum absolute atomic E-state index is 4.94. The summed E-state index contributed by atoms with van der Waals surface area (Å²) in [5.41, 5.74) is 4.00. The van der Waals surface area contributed by atoms with Crippen LogP contribution in [0.4, 0.5) is 0 Å². The molecule has 0 atom stereocenters. The van der Waals surface area contributed by atoms with Crippen molar-refractivity contribution in [1.29, 1.82) is 0 Å². The van der Waals surface area contributed by atoms with Gasteiger partial charge in [0.15, 0.2) is 7.98 Å². The Hall–Kier alpha value is -0.0151. The minimum Gasteiger partial charge on any atom is -0.381 e. The molecule has 3 heteroatoms. The molecule has 2 radical (unpaired) electrons. The van der Waals surface area contributed by atoms with Crippen molar-refractivity contribution in [2.45, 2.75) is 12.8 Å². The van der Waals surface area contributed by atoms with Crippen LogP contribution in [0.2, 0.25) is 0 Å². The average molecular weight is 98.9 g/mol. The van der Waals surface area contributed by atoms with E-state index in [1.54, 1.807) is 0 Å². The Kier molecular flexibility index (Phi) is 5.97. The lowest BCUT2D eigenvalue weighted by Gasteiger charge is -1.76. The van der Waals surface area contributed by atoms with Crippen LogP contribution in [-0.4, -0.2) is 21.2 Å². The van der Waals surface area contributed by atoms with Crippen molar-refractivity contribution < 1.29 is 4.74 Å². The van der Waals surface area contributed by atoms with Gasteiger partial charge in [-0.3, -0.25) is 0 Å². The first-order chi connectivity index (χ1) is 3.50. The Balaban J connectivity index is 0.000000162. The number of nitrogens with two attached hydrogens (primary N) is 1. The lowest BCUT2D eigenvalue weighted by atomic mass is 10.4. The lowest BCUT2D eigenvalue weighted by Crippen LogP contribution is -1.75. The Morgan fingerprint density at radius 3 is 1.71 bits per heavy atom. The van der Waals surface area contributed by atoms with Gasteiger partial charge in [-0.25, -0.2) is 0 Å². The fourth-order valence-electron chi connectivity index (χ4n) is 0.510. The Labute approximate surface area is 45.5 Å². The molecule has 2 nitrogen and oxygen atoms in total. The Bertz CT molecular complexity index is 23.3. The van der Waals surface area contributed by atoms with E-state index in [1.807, 2.05) is 0 Å². The van der Waals surface area contributed by atoms with E-state index in [1.165, 1.54) is 12.8 Å². The normalized spacial score (nSPS) is 17.9. The molecule has 0 aromatic heterocycles. The molecule has 0 unspecified atom stereocenters. The summed E-state index contributed by atoms with van der Waals surface area (Å²) in [5.74, 6) is 0. The molecule has 1 aliphatic rings. The number of ether oxygens (including phenoxy) is 1. The Morgan fingerprint density at radius 1 is 1.14 bits per heavy atom. The molecule has 1 rings (SSSR count). The summed E-state index contributed by atoms with van der Waals surface area (Å²) < 4.78 is 4.94. The van der Waals surface area contributed by atoms with Crippen molar-refractivity contribution in [1.82, 2.24) is 0 Å². The van der Waals surface area contributed by atoms with Gasteiger partial charge in [0.25, 0.3) is 0 Å². The highest BCUT2D eigenvalue weighted by Crippen LogP contribution is 1.98. The number of hydrogen-bond acceptors (Lipinski definition) is 2. The van der Waals surface area contributed by atoms with Gasteiger partial charge in [0.2, 0.25) is 0 Å². The molecule has 1 aliphatic heterocycles. The summed E-state index contributed by atoms with van der Waals surface area (Å²) in [6.45, 7) is 2.00. The quantitative estimate of drug-likeness (QED) is 0.427. The van der Waals surface area contributed by atoms with Crippen LogP contribution in [0, 0.1) is 0 Å². The van der Waals surface area contributed by atoms with Gasteiger partial charge in [-0.15, -0.1) is 0 Å². The summed E-state index contributed by atoms with van der Waals surface area (Å²) in [5, 5.41) is 0. The average Bonchev–Trinajstić information content (AvgIpc) is 2.23. The highest BCUT2D eigenvalue weighted by molar-refractivity contribution is 6.02. The van der Waals surface area contributed by atoms with Crippen LogP contribution in [0.3, 0.4) is 0 Å². The molecule has 1 saturated heterocycles. The molecule has 0 spiro atoms. The molecule has 0 aromatic carbocycles. The molecule has 0 amide bonds. The van der Waals surface area contributed by atoms with Crippen molar-refractivity contribution in [3.63, 3.8) is 0 Å². The minimum absolute atomic E-state index is 1.00. The molecule has 40 valence electrons. The lowest BCUT2D eigenvalue weighted by molar-refractivity contribution is 0.198. The predicted octanol–water partition coefficient (Wildman–Crippen LogP) is -0.175. The van der Waals surface area contributed by atoms with Crippen molar-refractivity contribution in [3.05, 3.63) is 0 Å². The zero-order valence-electron chi connectivity index (χ0n) is 4.39. The largest absolute Gasteiger partial charge is 0.381 e. The van der Waals surface area contributed by atoms with Gasteiger partial charge in [-0.05, 0) is 12.8 Å². The fraction of sp³-hybridized carbons (Fsp3) is 1.00. The highest BCUT2D eigenvalue weighted by Gasteiger charge is 1.94. The van der Waals surface area contributed by atoms with E-state index in [-0.39, 0.29) is 0 Å². The van der Waals surface area contributed by atoms with Gasteiger partial charge < -0.3 is 10.4 Å². The summed E-state index contributed by atoms with van der Waals surface area (Å²) in [6.07, 6.45) is 2.56. The van der Waals surface area contributed by atoms with E-state index in [0.29, 0.717) is 0 Å². The molecule has 0 aromatic rings. The monoisotopic (exact) mass is 99.1 g/mol. The second-order valence-electron chi connectivity index (χ2n) is 1.32. The van der Waals surface area contributed by atoms with Gasteiger partial charge in [0.1, 0.15) is 0 Å². The molecule has 1 fully saturated rings. The first-order valence-corrected chi connectivity index (χ1v) is 2.41. The minimum atomic E-state index is 1.00. The van der Waals surface area contributed by atoms with Crippen molar-refractivity contribution in [2.75, 3.05) is 13.2 Å². The highest BCUT2D eigenvalue weighted by atomic mass is 16.5. The molecule has 0 bridgehead atoms. The molecular formula is C4H10BNO. The first-order valence-electron chi connectivity index (χ1n) is 2.41. The van der Waals surface area contributed by atoms with E-state index in [4.69, 9.17) is 4.74 Å². The predicted molar refractivity (Wildman–Crippen MR) is 30.0 cm³/mol. The number of rotatable bonds is 0. The third-order valence-corrected chi connectivity index (χ3v) is 0.827. The van der Waals surface area contributed by atoms with E-state index in [9.17, 15) is 0 Å². The fourth-order valence-corrected chi connectivity index (χ4v) is 0.510. The molecule has 7 heavy (non-hydrogen) atoms. The Morgan fingerprint density at radius 2 is 1.57 bits per heavy atom. The van der Waals surface area contributed by atoms with Crippen molar-refractivity contribution in [3.8, 4) is 0 Å². The van der Waals surface area contributed by atoms with E-state index in [2.05, 4.69) is 13.6 Å². The van der Waals surface area contributed by atoms with Gasteiger partial charge in [-0.2, -0.15) is 0 Å². The molecule has 0 aliphatic carbocycles. The second kappa shape index (κ2) is 5.98. The SMILES string of the molecule is C1CCOC1.[B]N. The third kappa shape index (κ3) is 3.82. The molecule has 1 heterocycles. The zero-order chi connectivity index (χ0) is 5.54. The van der Waals surface area contributed by atoms with Crippen molar-refractivity contribution in [2.24, 2.45) is 5.64 Å². The van der Waals surface area contributed by atoms with Crippen LogP contribution in [0.15, 0.2) is 0 Å². The van der Waals surface area contributed by atoms with Gasteiger partial charge >= 0.3 is 0 Å². The molecule has 2 N–H and O–H groups in total. The maximum atomic E-state index is 4.94. The third-order valence-electron chi connectivity index (χ3n) is 0.827. The van der Waals surface area contributed by atoms with Crippen LogP contribution >= 0.6 is 0 Å². The summed E-state index contributed by atoms with van der Waals surface area (Å²) in [6, 6.07) is 0. The van der Waals surface area contributed by atoms with Gasteiger partial charge in [0.05, 0.1) is 0 Å². The van der Waals surface area contributed by atoms with Crippen LogP contribution in [0.25, 0.3) is 0 Å². The first kappa shape index (κ1) is 6.98. The van der Waals surface area contributed by atoms with Crippen LogP contribution < -0.4 is 5.64 Å². The zero-order valence-corrected chi connectivity index (χ0v) is 4.39.